The normalized spacial score (nSPS) is 11.2. The largest absolute Gasteiger partial charge is 0.320 e. The number of hydrogen-bond acceptors (Lipinski definition) is 4. The summed E-state index contributed by atoms with van der Waals surface area (Å²) >= 11 is 0. The number of hydrogen-bond donors (Lipinski definition) is 2. The first-order chi connectivity index (χ1) is 14.0. The number of carbonyl (C=O) groups is 1. The average molecular weight is 403 g/mol. The fourth-order valence-corrected chi connectivity index (χ4v) is 4.01. The first-order valence-electron chi connectivity index (χ1n) is 8.86. The Morgan fingerprint density at radius 1 is 0.828 bits per heavy atom. The minimum absolute atomic E-state index is 0.150. The molecule has 0 aliphatic carbocycles. The molecular weight excluding hydrogens is 386 g/mol. The number of benzene rings is 3. The van der Waals surface area contributed by atoms with Gasteiger partial charge >= 0.3 is 0 Å². The number of para-hydroxylation sites is 1. The highest BCUT2D eigenvalue weighted by atomic mass is 32.2. The summed E-state index contributed by atoms with van der Waals surface area (Å²) in [4.78, 5) is 17.2. The van der Waals surface area contributed by atoms with Gasteiger partial charge in [0.1, 0.15) is 0 Å². The van der Waals surface area contributed by atoms with Crippen LogP contribution in [0.1, 0.15) is 10.4 Å². The minimum atomic E-state index is -3.74. The van der Waals surface area contributed by atoms with Crippen LogP contribution in [0.5, 0.6) is 0 Å². The quantitative estimate of drug-likeness (QED) is 0.520. The van der Waals surface area contributed by atoms with Crippen molar-refractivity contribution in [2.24, 2.45) is 0 Å². The van der Waals surface area contributed by atoms with Gasteiger partial charge in [0.15, 0.2) is 0 Å². The van der Waals surface area contributed by atoms with E-state index in [9.17, 15) is 13.2 Å². The van der Waals surface area contributed by atoms with Crippen LogP contribution in [0.25, 0.3) is 10.9 Å². The van der Waals surface area contributed by atoms with Gasteiger partial charge in [-0.3, -0.25) is 14.5 Å². The fraction of sp³-hybridized carbons (Fsp3) is 0. The molecule has 0 aliphatic heterocycles. The first kappa shape index (κ1) is 18.6. The van der Waals surface area contributed by atoms with E-state index in [2.05, 4.69) is 15.0 Å². The lowest BCUT2D eigenvalue weighted by molar-refractivity contribution is 0.102. The van der Waals surface area contributed by atoms with Crippen molar-refractivity contribution in [2.45, 2.75) is 4.90 Å². The van der Waals surface area contributed by atoms with Crippen LogP contribution >= 0.6 is 0 Å². The van der Waals surface area contributed by atoms with Gasteiger partial charge in [-0.2, -0.15) is 0 Å². The molecule has 2 N–H and O–H groups in total. The zero-order valence-electron chi connectivity index (χ0n) is 15.2. The van der Waals surface area contributed by atoms with Crippen LogP contribution in [-0.2, 0) is 10.0 Å². The summed E-state index contributed by atoms with van der Waals surface area (Å²) in [5, 5.41) is 3.76. The van der Waals surface area contributed by atoms with Gasteiger partial charge in [-0.05, 0) is 42.5 Å². The number of nitrogens with zero attached hydrogens (tertiary/aromatic N) is 1. The molecule has 0 unspecified atom stereocenters. The Hall–Kier alpha value is -3.71. The van der Waals surface area contributed by atoms with E-state index >= 15 is 0 Å². The van der Waals surface area contributed by atoms with Crippen molar-refractivity contribution in [2.75, 3.05) is 10.0 Å². The van der Waals surface area contributed by atoms with Crippen molar-refractivity contribution in [3.63, 3.8) is 0 Å². The van der Waals surface area contributed by atoms with E-state index in [0.29, 0.717) is 22.5 Å². The second kappa shape index (κ2) is 7.73. The highest BCUT2D eigenvalue weighted by Crippen LogP contribution is 2.22. The molecule has 7 heteroatoms. The number of fused-ring (bicyclic) bond motifs is 1. The van der Waals surface area contributed by atoms with Gasteiger partial charge in [-0.1, -0.05) is 42.5 Å². The molecule has 0 spiro atoms. The molecule has 0 saturated carbocycles. The van der Waals surface area contributed by atoms with Crippen molar-refractivity contribution in [1.29, 1.82) is 0 Å². The second-order valence-corrected chi connectivity index (χ2v) is 8.02. The summed E-state index contributed by atoms with van der Waals surface area (Å²) in [6.45, 7) is 0. The molecule has 4 rings (SSSR count). The lowest BCUT2D eigenvalue weighted by Crippen LogP contribution is -2.15. The maximum Gasteiger partial charge on any atom is 0.261 e. The summed E-state index contributed by atoms with van der Waals surface area (Å²) in [5.74, 6) is -0.357. The van der Waals surface area contributed by atoms with E-state index < -0.39 is 10.0 Å². The molecule has 0 aliphatic rings. The van der Waals surface area contributed by atoms with Crippen molar-refractivity contribution < 1.29 is 13.2 Å². The van der Waals surface area contributed by atoms with Crippen LogP contribution in [-0.4, -0.2) is 19.3 Å². The number of aromatic nitrogens is 1. The third-order valence-electron chi connectivity index (χ3n) is 4.31. The maximum atomic E-state index is 12.7. The fourth-order valence-electron chi connectivity index (χ4n) is 2.94. The van der Waals surface area contributed by atoms with Gasteiger partial charge in [0, 0.05) is 22.8 Å². The molecule has 29 heavy (non-hydrogen) atoms. The van der Waals surface area contributed by atoms with Crippen molar-refractivity contribution in [3.05, 3.63) is 96.7 Å². The minimum Gasteiger partial charge on any atom is -0.320 e. The third kappa shape index (κ3) is 4.09. The van der Waals surface area contributed by atoms with E-state index in [1.54, 1.807) is 48.7 Å². The topological polar surface area (TPSA) is 88.2 Å². The van der Waals surface area contributed by atoms with Gasteiger partial charge < -0.3 is 5.32 Å². The molecule has 0 fully saturated rings. The summed E-state index contributed by atoms with van der Waals surface area (Å²) in [6, 6.07) is 23.7. The van der Waals surface area contributed by atoms with Crippen LogP contribution < -0.4 is 10.0 Å². The van der Waals surface area contributed by atoms with E-state index in [4.69, 9.17) is 0 Å². The summed E-state index contributed by atoms with van der Waals surface area (Å²) in [7, 11) is -3.74. The van der Waals surface area contributed by atoms with Crippen LogP contribution in [0.2, 0.25) is 0 Å². The molecule has 1 aromatic heterocycles. The Balaban J connectivity index is 1.58. The molecule has 0 radical (unpaired) electrons. The maximum absolute atomic E-state index is 12.7. The molecule has 3 aromatic carbocycles. The molecule has 0 saturated heterocycles. The van der Waals surface area contributed by atoms with Crippen LogP contribution in [0, 0.1) is 0 Å². The Kier molecular flexibility index (Phi) is 4.97. The lowest BCUT2D eigenvalue weighted by Gasteiger charge is -2.11. The lowest BCUT2D eigenvalue weighted by atomic mass is 10.1. The summed E-state index contributed by atoms with van der Waals surface area (Å²) in [6.07, 6.45) is 1.66. The average Bonchev–Trinajstić information content (AvgIpc) is 2.74. The van der Waals surface area contributed by atoms with Crippen LogP contribution in [0.4, 0.5) is 11.4 Å². The number of rotatable bonds is 5. The zero-order valence-corrected chi connectivity index (χ0v) is 16.1. The summed E-state index contributed by atoms with van der Waals surface area (Å²) < 4.78 is 27.5. The van der Waals surface area contributed by atoms with Gasteiger partial charge in [0.25, 0.3) is 15.9 Å². The number of sulfonamides is 1. The molecule has 144 valence electrons. The first-order valence-corrected chi connectivity index (χ1v) is 10.3. The van der Waals surface area contributed by atoms with Crippen molar-refractivity contribution in [3.8, 4) is 0 Å². The van der Waals surface area contributed by atoms with Gasteiger partial charge in [-0.15, -0.1) is 0 Å². The number of anilines is 2. The summed E-state index contributed by atoms with van der Waals surface area (Å²) in [5.41, 5.74) is 1.90. The monoisotopic (exact) mass is 403 g/mol. The number of amides is 1. The molecule has 6 nitrogen and oxygen atoms in total. The smallest absolute Gasteiger partial charge is 0.261 e. The molecular formula is C22H17N3O3S. The zero-order chi connectivity index (χ0) is 20.3. The van der Waals surface area contributed by atoms with E-state index in [0.717, 1.165) is 5.39 Å². The number of pyridine rings is 1. The van der Waals surface area contributed by atoms with E-state index in [-0.39, 0.29) is 10.8 Å². The van der Waals surface area contributed by atoms with Crippen molar-refractivity contribution >= 4 is 38.2 Å². The number of carbonyl (C=O) groups excluding carboxylic acids is 1. The van der Waals surface area contributed by atoms with Crippen LogP contribution in [0.3, 0.4) is 0 Å². The predicted octanol–water partition coefficient (Wildman–Crippen LogP) is 4.29. The Morgan fingerprint density at radius 3 is 2.41 bits per heavy atom. The molecule has 1 heterocycles. The molecule has 0 atom stereocenters. The molecule has 0 bridgehead atoms. The SMILES string of the molecule is O=C(Nc1cccc2cccnc12)c1cccc(NS(=O)(=O)c2ccccc2)c1. The standard InChI is InChI=1S/C22H17N3O3S/c26-22(24-20-13-5-7-16-9-6-14-23-21(16)20)17-8-4-10-18(15-17)25-29(27,28)19-11-2-1-3-12-19/h1-15,25H,(H,24,26). The van der Waals surface area contributed by atoms with E-state index in [1.165, 1.54) is 18.2 Å². The predicted molar refractivity (Wildman–Crippen MR) is 113 cm³/mol. The molecule has 1 amide bonds. The van der Waals surface area contributed by atoms with Gasteiger partial charge in [0.05, 0.1) is 16.1 Å². The number of nitrogens with one attached hydrogen (secondary N) is 2. The highest BCUT2D eigenvalue weighted by Gasteiger charge is 2.15. The van der Waals surface area contributed by atoms with Crippen molar-refractivity contribution in [1.82, 2.24) is 4.98 Å². The van der Waals surface area contributed by atoms with Gasteiger partial charge in [-0.25, -0.2) is 8.42 Å². The highest BCUT2D eigenvalue weighted by molar-refractivity contribution is 7.92. The van der Waals surface area contributed by atoms with Gasteiger partial charge in [0.2, 0.25) is 0 Å². The third-order valence-corrected chi connectivity index (χ3v) is 5.71. The Morgan fingerprint density at radius 2 is 1.59 bits per heavy atom. The Labute approximate surface area is 168 Å². The second-order valence-electron chi connectivity index (χ2n) is 6.33. The molecule has 4 aromatic rings. The van der Waals surface area contributed by atoms with E-state index in [1.807, 2.05) is 24.3 Å². The Bertz CT molecular complexity index is 1280. The van der Waals surface area contributed by atoms with Crippen LogP contribution in [0.15, 0.2) is 96.0 Å².